The second-order valence-corrected chi connectivity index (χ2v) is 14.8. The second kappa shape index (κ2) is 13.7. The van der Waals surface area contributed by atoms with Crippen molar-refractivity contribution in [2.24, 2.45) is 0 Å². The van der Waals surface area contributed by atoms with Crippen LogP contribution >= 0.6 is 0 Å². The lowest BCUT2D eigenvalue weighted by atomic mass is 9.84. The topological polar surface area (TPSA) is 4.93 Å². The number of aromatic nitrogens is 1. The molecule has 266 valence electrons. The molecule has 11 rings (SSSR count). The van der Waals surface area contributed by atoms with E-state index in [1.807, 2.05) is 0 Å². The van der Waals surface area contributed by atoms with Gasteiger partial charge in [-0.1, -0.05) is 200 Å². The van der Waals surface area contributed by atoms with Crippen molar-refractivity contribution < 1.29 is 0 Å². The first-order valence-electron chi connectivity index (χ1n) is 19.7. The van der Waals surface area contributed by atoms with Gasteiger partial charge in [-0.15, -0.1) is 0 Å². The molecule has 1 heterocycles. The van der Waals surface area contributed by atoms with E-state index in [9.17, 15) is 0 Å². The van der Waals surface area contributed by atoms with Gasteiger partial charge in [0.05, 0.1) is 11.0 Å². The predicted molar refractivity (Wildman–Crippen MR) is 245 cm³/mol. The van der Waals surface area contributed by atoms with Crippen LogP contribution in [0.4, 0.5) is 0 Å². The molecule has 0 aliphatic rings. The van der Waals surface area contributed by atoms with Gasteiger partial charge in [0.2, 0.25) is 0 Å². The molecule has 0 radical (unpaired) electrons. The first-order valence-corrected chi connectivity index (χ1v) is 19.7. The lowest BCUT2D eigenvalue weighted by molar-refractivity contribution is 1.18. The van der Waals surface area contributed by atoms with E-state index in [1.54, 1.807) is 0 Å². The summed E-state index contributed by atoms with van der Waals surface area (Å²) in [6.45, 7) is 0. The minimum absolute atomic E-state index is 1.16. The quantitative estimate of drug-likeness (QED) is 0.119. The molecule has 1 aromatic heterocycles. The second-order valence-electron chi connectivity index (χ2n) is 14.8. The van der Waals surface area contributed by atoms with Gasteiger partial charge in [0.1, 0.15) is 0 Å². The summed E-state index contributed by atoms with van der Waals surface area (Å²) < 4.78 is 2.39. The van der Waals surface area contributed by atoms with E-state index in [1.165, 1.54) is 98.6 Å². The molecular formula is C56H37N. The zero-order valence-electron chi connectivity index (χ0n) is 31.3. The van der Waals surface area contributed by atoms with Crippen molar-refractivity contribution in [3.05, 3.63) is 223 Å². The minimum atomic E-state index is 1.16. The molecule has 11 aromatic rings. The largest absolute Gasteiger partial charge is 0.309 e. The van der Waals surface area contributed by atoms with Gasteiger partial charge < -0.3 is 4.57 Å². The maximum atomic E-state index is 2.39. The SMILES string of the molecule is C(=Cc1ccc(-c2c3ccccc3c(-c3ccc(-n4c5ccccc5c5ccccc54)cc3)c3ccccc23)c2ccccc12)c1ccc(-c2ccccc2)cc1. The van der Waals surface area contributed by atoms with Crippen LogP contribution in [0.5, 0.6) is 0 Å². The highest BCUT2D eigenvalue weighted by molar-refractivity contribution is 6.24. The Morgan fingerprint density at radius 3 is 1.33 bits per heavy atom. The first kappa shape index (κ1) is 32.9. The van der Waals surface area contributed by atoms with E-state index in [2.05, 4.69) is 229 Å². The summed E-state index contributed by atoms with van der Waals surface area (Å²) in [7, 11) is 0. The highest BCUT2D eigenvalue weighted by Gasteiger charge is 2.19. The Morgan fingerprint density at radius 2 is 0.737 bits per heavy atom. The summed E-state index contributed by atoms with van der Waals surface area (Å²) in [6, 6.07) is 77.3. The zero-order chi connectivity index (χ0) is 37.7. The van der Waals surface area contributed by atoms with E-state index < -0.39 is 0 Å². The van der Waals surface area contributed by atoms with Crippen LogP contribution in [-0.2, 0) is 0 Å². The third kappa shape index (κ3) is 5.55. The molecule has 0 spiro atoms. The van der Waals surface area contributed by atoms with Crippen molar-refractivity contribution in [2.75, 3.05) is 0 Å². The molecule has 0 saturated heterocycles. The lowest BCUT2D eigenvalue weighted by Crippen LogP contribution is -1.95. The fraction of sp³-hybridized carbons (Fsp3) is 0. The number of fused-ring (bicyclic) bond motifs is 6. The monoisotopic (exact) mass is 723 g/mol. The highest BCUT2D eigenvalue weighted by atomic mass is 15.0. The molecule has 0 unspecified atom stereocenters. The Hall–Kier alpha value is -7.48. The van der Waals surface area contributed by atoms with Gasteiger partial charge in [-0.3, -0.25) is 0 Å². The standard InChI is InChI=1S/C56H37N/c1-2-14-39(15-3-1)40-29-26-38(27-30-40)28-31-41-34-37-52(45-17-5-4-16-44(41)45)56-50-22-8-6-20-48(50)55(49-21-7-9-23-51(49)56)42-32-35-43(36-33-42)57-53-24-12-10-18-46(53)47-19-11-13-25-54(47)57/h1-37H. The Kier molecular flexibility index (Phi) is 7.89. The van der Waals surface area contributed by atoms with Crippen molar-refractivity contribution in [2.45, 2.75) is 0 Å². The molecule has 0 saturated carbocycles. The fourth-order valence-electron chi connectivity index (χ4n) is 9.00. The van der Waals surface area contributed by atoms with Gasteiger partial charge >= 0.3 is 0 Å². The van der Waals surface area contributed by atoms with Crippen molar-refractivity contribution in [1.82, 2.24) is 4.57 Å². The summed E-state index contributed by atoms with van der Waals surface area (Å²) in [4.78, 5) is 0. The summed E-state index contributed by atoms with van der Waals surface area (Å²) >= 11 is 0. The van der Waals surface area contributed by atoms with Crippen molar-refractivity contribution in [3.8, 4) is 39.1 Å². The van der Waals surface area contributed by atoms with E-state index in [-0.39, 0.29) is 0 Å². The molecule has 0 fully saturated rings. The average molecular weight is 724 g/mol. The predicted octanol–water partition coefficient (Wildman–Crippen LogP) is 15.4. The molecule has 0 N–H and O–H groups in total. The van der Waals surface area contributed by atoms with Gasteiger partial charge in [-0.2, -0.15) is 0 Å². The Morgan fingerprint density at radius 1 is 0.281 bits per heavy atom. The Bertz CT molecular complexity index is 3200. The van der Waals surface area contributed by atoms with Crippen molar-refractivity contribution in [3.63, 3.8) is 0 Å². The number of hydrogen-bond acceptors (Lipinski definition) is 0. The van der Waals surface area contributed by atoms with Crippen LogP contribution in [0.2, 0.25) is 0 Å². The van der Waals surface area contributed by atoms with Gasteiger partial charge in [0, 0.05) is 16.5 Å². The number of hydrogen-bond donors (Lipinski definition) is 0. The zero-order valence-corrected chi connectivity index (χ0v) is 31.3. The molecule has 0 aliphatic carbocycles. The van der Waals surface area contributed by atoms with Gasteiger partial charge in [-0.05, 0) is 101 Å². The molecule has 1 heteroatoms. The maximum Gasteiger partial charge on any atom is 0.0541 e. The third-order valence-corrected chi connectivity index (χ3v) is 11.6. The van der Waals surface area contributed by atoms with Crippen LogP contribution < -0.4 is 0 Å². The van der Waals surface area contributed by atoms with Crippen molar-refractivity contribution >= 4 is 66.3 Å². The summed E-state index contributed by atoms with van der Waals surface area (Å²) in [5.41, 5.74) is 13.4. The molecule has 57 heavy (non-hydrogen) atoms. The number of benzene rings is 10. The smallest absolute Gasteiger partial charge is 0.0541 e. The van der Waals surface area contributed by atoms with Crippen LogP contribution in [0.15, 0.2) is 212 Å². The van der Waals surface area contributed by atoms with E-state index in [4.69, 9.17) is 0 Å². The van der Waals surface area contributed by atoms with Gasteiger partial charge in [0.15, 0.2) is 0 Å². The molecule has 10 aromatic carbocycles. The number of nitrogens with zero attached hydrogens (tertiary/aromatic N) is 1. The lowest BCUT2D eigenvalue weighted by Gasteiger charge is -2.19. The Labute approximate surface area is 332 Å². The minimum Gasteiger partial charge on any atom is -0.309 e. The fourth-order valence-corrected chi connectivity index (χ4v) is 9.00. The number of rotatable bonds is 6. The molecule has 0 amide bonds. The maximum absolute atomic E-state index is 2.39. The first-order chi connectivity index (χ1) is 28.3. The van der Waals surface area contributed by atoms with E-state index in [0.29, 0.717) is 0 Å². The van der Waals surface area contributed by atoms with E-state index in [0.717, 1.165) is 5.69 Å². The normalized spacial score (nSPS) is 11.8. The summed E-state index contributed by atoms with van der Waals surface area (Å²) in [6.07, 6.45) is 4.48. The van der Waals surface area contributed by atoms with Crippen LogP contribution in [0.3, 0.4) is 0 Å². The van der Waals surface area contributed by atoms with Crippen molar-refractivity contribution in [1.29, 1.82) is 0 Å². The van der Waals surface area contributed by atoms with Crippen LogP contribution in [0.1, 0.15) is 11.1 Å². The van der Waals surface area contributed by atoms with Crippen LogP contribution in [0.25, 0.3) is 105 Å². The molecular weight excluding hydrogens is 687 g/mol. The van der Waals surface area contributed by atoms with Crippen LogP contribution in [-0.4, -0.2) is 4.57 Å². The summed E-state index contributed by atoms with van der Waals surface area (Å²) in [5.74, 6) is 0. The highest BCUT2D eigenvalue weighted by Crippen LogP contribution is 2.46. The molecule has 0 aliphatic heterocycles. The third-order valence-electron chi connectivity index (χ3n) is 11.6. The molecule has 0 atom stereocenters. The Balaban J connectivity index is 1.03. The molecule has 1 nitrogen and oxygen atoms in total. The van der Waals surface area contributed by atoms with Crippen LogP contribution in [0, 0.1) is 0 Å². The molecule has 0 bridgehead atoms. The van der Waals surface area contributed by atoms with Gasteiger partial charge in [-0.25, -0.2) is 0 Å². The summed E-state index contributed by atoms with van der Waals surface area (Å²) in [5, 5.41) is 10.0. The number of para-hydroxylation sites is 2. The van der Waals surface area contributed by atoms with E-state index >= 15 is 0 Å². The average Bonchev–Trinajstić information content (AvgIpc) is 3.62. The van der Waals surface area contributed by atoms with Gasteiger partial charge in [0.25, 0.3) is 0 Å².